The Balaban J connectivity index is 2.44. The van der Waals surface area contributed by atoms with Crippen LogP contribution in [-0.2, 0) is 12.3 Å². The van der Waals surface area contributed by atoms with Crippen LogP contribution in [0, 0.1) is 0 Å². The highest BCUT2D eigenvalue weighted by Crippen LogP contribution is 2.20. The summed E-state index contributed by atoms with van der Waals surface area (Å²) in [5, 5.41) is 0. The van der Waals surface area contributed by atoms with E-state index in [4.69, 9.17) is 17.3 Å². The van der Waals surface area contributed by atoms with Gasteiger partial charge in [-0.2, -0.15) is 0 Å². The topological polar surface area (TPSA) is 43.1 Å². The van der Waals surface area contributed by atoms with Crippen molar-refractivity contribution in [1.82, 2.24) is 0 Å². The third-order valence-corrected chi connectivity index (χ3v) is 3.19. The Morgan fingerprint density at radius 3 is 2.39 bits per heavy atom. The molecule has 0 aliphatic rings. The van der Waals surface area contributed by atoms with Crippen molar-refractivity contribution >= 4 is 17.5 Å². The molecule has 3 heteroatoms. The van der Waals surface area contributed by atoms with Gasteiger partial charge in [0.1, 0.15) is 0 Å². The summed E-state index contributed by atoms with van der Waals surface area (Å²) in [6, 6.07) is 15.4. The van der Waals surface area contributed by atoms with E-state index in [1.165, 1.54) is 0 Å². The number of amides is 1. The van der Waals surface area contributed by atoms with Crippen molar-refractivity contribution in [2.45, 2.75) is 12.3 Å². The SMILES string of the molecule is NC(=O)c1cccc(CCl)c1Cc1ccccc1. The van der Waals surface area contributed by atoms with Crippen molar-refractivity contribution in [3.63, 3.8) is 0 Å². The van der Waals surface area contributed by atoms with Crippen molar-refractivity contribution in [3.05, 3.63) is 70.8 Å². The number of halogens is 1. The maximum atomic E-state index is 11.5. The number of hydrogen-bond donors (Lipinski definition) is 1. The number of benzene rings is 2. The summed E-state index contributed by atoms with van der Waals surface area (Å²) in [7, 11) is 0. The van der Waals surface area contributed by atoms with E-state index in [-0.39, 0.29) is 0 Å². The lowest BCUT2D eigenvalue weighted by atomic mass is 9.95. The van der Waals surface area contributed by atoms with Gasteiger partial charge in [0.15, 0.2) is 0 Å². The summed E-state index contributed by atoms with van der Waals surface area (Å²) in [5.41, 5.74) is 8.98. The minimum absolute atomic E-state index is 0.378. The zero-order valence-electron chi connectivity index (χ0n) is 9.90. The minimum atomic E-state index is -0.409. The van der Waals surface area contributed by atoms with E-state index < -0.39 is 5.91 Å². The molecule has 18 heavy (non-hydrogen) atoms. The number of carbonyl (C=O) groups is 1. The van der Waals surface area contributed by atoms with E-state index in [2.05, 4.69) is 0 Å². The predicted octanol–water partition coefficient (Wildman–Crippen LogP) is 3.12. The lowest BCUT2D eigenvalue weighted by molar-refractivity contribution is 0.0999. The number of rotatable bonds is 4. The molecule has 0 spiro atoms. The molecule has 0 aliphatic heterocycles. The van der Waals surface area contributed by atoms with Crippen molar-refractivity contribution in [2.24, 2.45) is 5.73 Å². The Labute approximate surface area is 111 Å². The van der Waals surface area contributed by atoms with Gasteiger partial charge in [-0.3, -0.25) is 4.79 Å². The van der Waals surface area contributed by atoms with Crippen molar-refractivity contribution < 1.29 is 4.79 Å². The molecule has 0 unspecified atom stereocenters. The number of primary amides is 1. The van der Waals surface area contributed by atoms with Crippen LogP contribution in [0.5, 0.6) is 0 Å². The third-order valence-electron chi connectivity index (χ3n) is 2.91. The monoisotopic (exact) mass is 259 g/mol. The van der Waals surface area contributed by atoms with Gasteiger partial charge in [0, 0.05) is 11.4 Å². The molecule has 0 saturated carbocycles. The highest BCUT2D eigenvalue weighted by molar-refractivity contribution is 6.17. The average molecular weight is 260 g/mol. The molecule has 0 saturated heterocycles. The molecule has 2 nitrogen and oxygen atoms in total. The Bertz CT molecular complexity index is 552. The molecule has 1 amide bonds. The zero-order valence-corrected chi connectivity index (χ0v) is 10.7. The maximum Gasteiger partial charge on any atom is 0.248 e. The number of carbonyl (C=O) groups excluding carboxylic acids is 1. The van der Waals surface area contributed by atoms with Gasteiger partial charge in [-0.15, -0.1) is 11.6 Å². The molecule has 2 N–H and O–H groups in total. The van der Waals surface area contributed by atoms with Crippen LogP contribution in [0.4, 0.5) is 0 Å². The fourth-order valence-corrected chi connectivity index (χ4v) is 2.25. The van der Waals surface area contributed by atoms with Gasteiger partial charge in [-0.05, 0) is 29.2 Å². The summed E-state index contributed by atoms with van der Waals surface area (Å²) in [4.78, 5) is 11.5. The molecule has 2 rings (SSSR count). The Morgan fingerprint density at radius 2 is 1.78 bits per heavy atom. The molecule has 0 atom stereocenters. The second-order valence-corrected chi connectivity index (χ2v) is 4.37. The maximum absolute atomic E-state index is 11.5. The lowest BCUT2D eigenvalue weighted by Crippen LogP contribution is -2.15. The number of hydrogen-bond acceptors (Lipinski definition) is 1. The van der Waals surface area contributed by atoms with Gasteiger partial charge in [0.25, 0.3) is 0 Å². The highest BCUT2D eigenvalue weighted by atomic mass is 35.5. The molecule has 0 fully saturated rings. The van der Waals surface area contributed by atoms with E-state index in [9.17, 15) is 4.79 Å². The van der Waals surface area contributed by atoms with Crippen molar-refractivity contribution in [2.75, 3.05) is 0 Å². The van der Waals surface area contributed by atoms with Gasteiger partial charge in [-0.1, -0.05) is 42.5 Å². The van der Waals surface area contributed by atoms with E-state index in [1.54, 1.807) is 6.07 Å². The van der Waals surface area contributed by atoms with Crippen LogP contribution in [0.1, 0.15) is 27.0 Å². The summed E-state index contributed by atoms with van der Waals surface area (Å²) < 4.78 is 0. The highest BCUT2D eigenvalue weighted by Gasteiger charge is 2.12. The van der Waals surface area contributed by atoms with Crippen LogP contribution in [0.15, 0.2) is 48.5 Å². The van der Waals surface area contributed by atoms with Gasteiger partial charge in [0.05, 0.1) is 0 Å². The predicted molar refractivity (Wildman–Crippen MR) is 73.8 cm³/mol. The van der Waals surface area contributed by atoms with Crippen LogP contribution in [0.2, 0.25) is 0 Å². The normalized spacial score (nSPS) is 10.3. The molecular formula is C15H14ClNO. The molecule has 0 aromatic heterocycles. The standard InChI is InChI=1S/C15H14ClNO/c16-10-12-7-4-8-13(15(17)18)14(12)9-11-5-2-1-3-6-11/h1-8H,9-10H2,(H2,17,18). The summed E-state index contributed by atoms with van der Waals surface area (Å²) in [6.45, 7) is 0. The van der Waals surface area contributed by atoms with E-state index in [0.717, 1.165) is 16.7 Å². The summed E-state index contributed by atoms with van der Waals surface area (Å²) in [5.74, 6) is -0.0311. The van der Waals surface area contributed by atoms with Gasteiger partial charge in [0.2, 0.25) is 5.91 Å². The van der Waals surface area contributed by atoms with E-state index >= 15 is 0 Å². The quantitative estimate of drug-likeness (QED) is 0.843. The Hall–Kier alpha value is -1.80. The fraction of sp³-hybridized carbons (Fsp3) is 0.133. The summed E-state index contributed by atoms with van der Waals surface area (Å²) in [6.07, 6.45) is 0.669. The lowest BCUT2D eigenvalue weighted by Gasteiger charge is -2.11. The first-order valence-corrected chi connectivity index (χ1v) is 6.26. The second-order valence-electron chi connectivity index (χ2n) is 4.10. The van der Waals surface area contributed by atoms with Gasteiger partial charge in [-0.25, -0.2) is 0 Å². The van der Waals surface area contributed by atoms with Gasteiger partial charge < -0.3 is 5.73 Å². The van der Waals surface area contributed by atoms with Crippen LogP contribution in [-0.4, -0.2) is 5.91 Å². The number of alkyl halides is 1. The zero-order chi connectivity index (χ0) is 13.0. The summed E-state index contributed by atoms with van der Waals surface area (Å²) >= 11 is 5.92. The molecule has 2 aromatic carbocycles. The van der Waals surface area contributed by atoms with Crippen LogP contribution < -0.4 is 5.73 Å². The van der Waals surface area contributed by atoms with E-state index in [1.807, 2.05) is 42.5 Å². The first-order valence-electron chi connectivity index (χ1n) is 5.73. The molecule has 2 aromatic rings. The molecule has 0 bridgehead atoms. The molecular weight excluding hydrogens is 246 g/mol. The third kappa shape index (κ3) is 2.71. The largest absolute Gasteiger partial charge is 0.366 e. The Morgan fingerprint density at radius 1 is 1.06 bits per heavy atom. The van der Waals surface area contributed by atoms with Gasteiger partial charge >= 0.3 is 0 Å². The van der Waals surface area contributed by atoms with Crippen LogP contribution >= 0.6 is 11.6 Å². The van der Waals surface area contributed by atoms with Crippen LogP contribution in [0.3, 0.4) is 0 Å². The average Bonchev–Trinajstić information content (AvgIpc) is 2.40. The second kappa shape index (κ2) is 5.69. The Kier molecular flexibility index (Phi) is 4.00. The van der Waals surface area contributed by atoms with Crippen molar-refractivity contribution in [1.29, 1.82) is 0 Å². The first-order chi connectivity index (χ1) is 8.72. The minimum Gasteiger partial charge on any atom is -0.366 e. The van der Waals surface area contributed by atoms with Crippen molar-refractivity contribution in [3.8, 4) is 0 Å². The smallest absolute Gasteiger partial charge is 0.248 e. The number of nitrogens with two attached hydrogens (primary N) is 1. The van der Waals surface area contributed by atoms with Crippen LogP contribution in [0.25, 0.3) is 0 Å². The molecule has 0 aliphatic carbocycles. The van der Waals surface area contributed by atoms with E-state index in [0.29, 0.717) is 17.9 Å². The molecule has 92 valence electrons. The first kappa shape index (κ1) is 12.7. The fourth-order valence-electron chi connectivity index (χ4n) is 2.00. The molecule has 0 radical (unpaired) electrons. The molecule has 0 heterocycles.